The number of hydrogen-bond donors (Lipinski definition) is 3. The number of carboxylic acid groups (broad SMARTS) is 1. The molecule has 3 N–H and O–H groups in total. The highest BCUT2D eigenvalue weighted by Gasteiger charge is 2.25. The van der Waals surface area contributed by atoms with Gasteiger partial charge in [0.05, 0.1) is 6.42 Å². The van der Waals surface area contributed by atoms with Gasteiger partial charge in [-0.3, -0.25) is 4.79 Å². The minimum atomic E-state index is -0.900. The van der Waals surface area contributed by atoms with Crippen molar-refractivity contribution in [3.63, 3.8) is 0 Å². The summed E-state index contributed by atoms with van der Waals surface area (Å²) in [5.41, 5.74) is -0.241. The summed E-state index contributed by atoms with van der Waals surface area (Å²) in [5.74, 6) is -0.816. The molecule has 0 aromatic carbocycles. The van der Waals surface area contributed by atoms with Crippen LogP contribution in [0.3, 0.4) is 0 Å². The average molecular weight is 258 g/mol. The van der Waals surface area contributed by atoms with Gasteiger partial charge in [-0.15, -0.1) is 0 Å². The molecule has 0 radical (unpaired) electrons. The van der Waals surface area contributed by atoms with Gasteiger partial charge in [0.2, 0.25) is 0 Å². The first-order valence-electron chi connectivity index (χ1n) is 6.54. The lowest BCUT2D eigenvalue weighted by molar-refractivity contribution is -0.137. The van der Waals surface area contributed by atoms with Gasteiger partial charge in [-0.1, -0.05) is 27.7 Å². The molecular weight excluding hydrogens is 232 g/mol. The Morgan fingerprint density at radius 3 is 2.06 bits per heavy atom. The van der Waals surface area contributed by atoms with Gasteiger partial charge in [0.25, 0.3) is 0 Å². The molecule has 18 heavy (non-hydrogen) atoms. The Morgan fingerprint density at radius 1 is 1.22 bits per heavy atom. The molecule has 0 spiro atoms. The fraction of sp³-hybridized carbons (Fsp3) is 0.846. The van der Waals surface area contributed by atoms with Crippen molar-refractivity contribution in [2.75, 3.05) is 0 Å². The molecule has 0 fully saturated rings. The summed E-state index contributed by atoms with van der Waals surface area (Å²) >= 11 is 0. The van der Waals surface area contributed by atoms with Crippen molar-refractivity contribution >= 4 is 12.0 Å². The molecule has 0 saturated carbocycles. The molecule has 0 rings (SSSR count). The molecule has 0 bridgehead atoms. The van der Waals surface area contributed by atoms with Crippen LogP contribution in [0.4, 0.5) is 4.79 Å². The van der Waals surface area contributed by atoms with Gasteiger partial charge >= 0.3 is 12.0 Å². The standard InChI is InChI=1S/C13H26N2O3/c1-6-13(5,7-2)15-12(18)14-10(9(3)4)8-11(16)17/h9-10H,6-8H2,1-5H3,(H,16,17)(H2,14,15,18). The molecule has 106 valence electrons. The third-order valence-corrected chi connectivity index (χ3v) is 3.49. The molecule has 0 aliphatic rings. The van der Waals surface area contributed by atoms with E-state index in [0.29, 0.717) is 0 Å². The van der Waals surface area contributed by atoms with E-state index in [1.54, 1.807) is 0 Å². The predicted molar refractivity (Wildman–Crippen MR) is 71.5 cm³/mol. The Balaban J connectivity index is 4.47. The number of nitrogens with one attached hydrogen (secondary N) is 2. The van der Waals surface area contributed by atoms with Gasteiger partial charge in [-0.25, -0.2) is 4.79 Å². The molecule has 1 unspecified atom stereocenters. The lowest BCUT2D eigenvalue weighted by Gasteiger charge is -2.30. The number of amides is 2. The van der Waals surface area contributed by atoms with E-state index < -0.39 is 5.97 Å². The molecule has 0 heterocycles. The molecule has 0 aromatic heterocycles. The Hall–Kier alpha value is -1.26. The minimum absolute atomic E-state index is 0.0555. The van der Waals surface area contributed by atoms with E-state index >= 15 is 0 Å². The van der Waals surface area contributed by atoms with Crippen molar-refractivity contribution in [1.29, 1.82) is 0 Å². The van der Waals surface area contributed by atoms with E-state index in [9.17, 15) is 9.59 Å². The number of aliphatic carboxylic acids is 1. The lowest BCUT2D eigenvalue weighted by Crippen LogP contribution is -2.53. The second kappa shape index (κ2) is 7.24. The minimum Gasteiger partial charge on any atom is -0.481 e. The van der Waals surface area contributed by atoms with Crippen molar-refractivity contribution in [3.05, 3.63) is 0 Å². The summed E-state index contributed by atoms with van der Waals surface area (Å²) in [6.07, 6.45) is 1.62. The van der Waals surface area contributed by atoms with Crippen molar-refractivity contribution in [2.45, 2.75) is 65.5 Å². The fourth-order valence-corrected chi connectivity index (χ4v) is 1.55. The fourth-order valence-electron chi connectivity index (χ4n) is 1.55. The third-order valence-electron chi connectivity index (χ3n) is 3.49. The van der Waals surface area contributed by atoms with Gasteiger partial charge in [-0.05, 0) is 25.7 Å². The topological polar surface area (TPSA) is 78.4 Å². The van der Waals surface area contributed by atoms with Crippen LogP contribution in [-0.4, -0.2) is 28.7 Å². The second-order valence-corrected chi connectivity index (χ2v) is 5.31. The lowest BCUT2D eigenvalue weighted by atomic mass is 9.96. The van der Waals surface area contributed by atoms with Crippen LogP contribution >= 0.6 is 0 Å². The Morgan fingerprint density at radius 2 is 1.72 bits per heavy atom. The molecule has 2 amide bonds. The first-order chi connectivity index (χ1) is 8.24. The quantitative estimate of drug-likeness (QED) is 0.656. The van der Waals surface area contributed by atoms with Gasteiger partial charge in [0.15, 0.2) is 0 Å². The second-order valence-electron chi connectivity index (χ2n) is 5.31. The number of hydrogen-bond acceptors (Lipinski definition) is 2. The molecule has 5 nitrogen and oxygen atoms in total. The molecule has 1 atom stereocenters. The Bertz CT molecular complexity index is 286. The number of carboxylic acids is 1. The first kappa shape index (κ1) is 16.7. The Labute approximate surface area is 109 Å². The molecule has 0 aliphatic heterocycles. The van der Waals surface area contributed by atoms with E-state index in [0.717, 1.165) is 12.8 Å². The van der Waals surface area contributed by atoms with Crippen LogP contribution in [0.2, 0.25) is 0 Å². The summed E-state index contributed by atoms with van der Waals surface area (Å²) in [6.45, 7) is 9.80. The van der Waals surface area contributed by atoms with Crippen molar-refractivity contribution in [3.8, 4) is 0 Å². The van der Waals surface area contributed by atoms with Gasteiger partial charge in [0.1, 0.15) is 0 Å². The maximum absolute atomic E-state index is 11.9. The molecular formula is C13H26N2O3. The largest absolute Gasteiger partial charge is 0.481 e. The third kappa shape index (κ3) is 5.89. The van der Waals surface area contributed by atoms with Crippen molar-refractivity contribution < 1.29 is 14.7 Å². The van der Waals surface area contributed by atoms with Crippen molar-refractivity contribution in [1.82, 2.24) is 10.6 Å². The normalized spacial score (nSPS) is 13.2. The first-order valence-corrected chi connectivity index (χ1v) is 6.54. The zero-order valence-corrected chi connectivity index (χ0v) is 12.0. The van der Waals surface area contributed by atoms with Gasteiger partial charge in [0, 0.05) is 11.6 Å². The number of carbonyl (C=O) groups excluding carboxylic acids is 1. The highest BCUT2D eigenvalue weighted by Crippen LogP contribution is 2.13. The zero-order valence-electron chi connectivity index (χ0n) is 12.0. The maximum Gasteiger partial charge on any atom is 0.315 e. The van der Waals surface area contributed by atoms with Gasteiger partial charge < -0.3 is 15.7 Å². The van der Waals surface area contributed by atoms with E-state index in [-0.39, 0.29) is 30.0 Å². The maximum atomic E-state index is 11.9. The molecule has 0 aliphatic carbocycles. The monoisotopic (exact) mass is 258 g/mol. The van der Waals surface area contributed by atoms with Crippen molar-refractivity contribution in [2.24, 2.45) is 5.92 Å². The molecule has 5 heteroatoms. The van der Waals surface area contributed by atoms with E-state index in [4.69, 9.17) is 5.11 Å². The van der Waals surface area contributed by atoms with Crippen LogP contribution in [0.1, 0.15) is 53.9 Å². The van der Waals surface area contributed by atoms with E-state index in [2.05, 4.69) is 10.6 Å². The van der Waals surface area contributed by atoms with Crippen LogP contribution in [-0.2, 0) is 4.79 Å². The van der Waals surface area contributed by atoms with Gasteiger partial charge in [-0.2, -0.15) is 0 Å². The highest BCUT2D eigenvalue weighted by atomic mass is 16.4. The number of rotatable bonds is 7. The summed E-state index contributed by atoms with van der Waals surface area (Å²) < 4.78 is 0. The number of urea groups is 1. The summed E-state index contributed by atoms with van der Waals surface area (Å²) in [7, 11) is 0. The summed E-state index contributed by atoms with van der Waals surface area (Å²) in [6, 6.07) is -0.637. The number of carbonyl (C=O) groups is 2. The molecule has 0 aromatic rings. The van der Waals surface area contributed by atoms with Crippen LogP contribution < -0.4 is 10.6 Å². The van der Waals surface area contributed by atoms with Crippen LogP contribution in [0.25, 0.3) is 0 Å². The smallest absolute Gasteiger partial charge is 0.315 e. The average Bonchev–Trinajstić information content (AvgIpc) is 2.27. The van der Waals surface area contributed by atoms with E-state index in [1.807, 2.05) is 34.6 Å². The summed E-state index contributed by atoms with van der Waals surface area (Å²) in [4.78, 5) is 22.6. The predicted octanol–water partition coefficient (Wildman–Crippen LogP) is 2.36. The SMILES string of the molecule is CCC(C)(CC)NC(=O)NC(CC(=O)O)C(C)C. The van der Waals surface area contributed by atoms with E-state index in [1.165, 1.54) is 0 Å². The van der Waals surface area contributed by atoms with Crippen LogP contribution in [0, 0.1) is 5.92 Å². The highest BCUT2D eigenvalue weighted by molar-refractivity contribution is 5.76. The zero-order chi connectivity index (χ0) is 14.3. The van der Waals surface area contributed by atoms with Crippen LogP contribution in [0.15, 0.2) is 0 Å². The Kier molecular flexibility index (Phi) is 6.73. The molecule has 0 saturated heterocycles. The van der Waals surface area contributed by atoms with Crippen LogP contribution in [0.5, 0.6) is 0 Å². The summed E-state index contributed by atoms with van der Waals surface area (Å²) in [5, 5.41) is 14.4.